The summed E-state index contributed by atoms with van der Waals surface area (Å²) >= 11 is 0. The van der Waals surface area contributed by atoms with Gasteiger partial charge >= 0.3 is 0 Å². The second-order valence-electron chi connectivity index (χ2n) is 6.60. The zero-order valence-electron chi connectivity index (χ0n) is 15.9. The van der Waals surface area contributed by atoms with E-state index in [4.69, 9.17) is 9.47 Å². The quantitative estimate of drug-likeness (QED) is 0.719. The van der Waals surface area contributed by atoms with Gasteiger partial charge in [-0.2, -0.15) is 0 Å². The van der Waals surface area contributed by atoms with Gasteiger partial charge in [0.15, 0.2) is 11.5 Å². The van der Waals surface area contributed by atoms with E-state index in [1.807, 2.05) is 53.4 Å². The van der Waals surface area contributed by atoms with Crippen molar-refractivity contribution in [3.63, 3.8) is 0 Å². The third-order valence-corrected chi connectivity index (χ3v) is 4.44. The maximum Gasteiger partial charge on any atom is 0.234 e. The molecule has 0 unspecified atom stereocenters. The van der Waals surface area contributed by atoms with Gasteiger partial charge in [0, 0.05) is 19.6 Å². The van der Waals surface area contributed by atoms with Crippen LogP contribution in [-0.2, 0) is 22.7 Å². The average Bonchev–Trinajstić information content (AvgIpc) is 2.71. The van der Waals surface area contributed by atoms with Crippen molar-refractivity contribution in [2.24, 2.45) is 0 Å². The summed E-state index contributed by atoms with van der Waals surface area (Å²) in [7, 11) is 1.59. The Morgan fingerprint density at radius 2 is 1.96 bits per heavy atom. The maximum absolute atomic E-state index is 12.1. The van der Waals surface area contributed by atoms with Crippen LogP contribution in [0, 0.1) is 0 Å². The smallest absolute Gasteiger partial charge is 0.234 e. The number of amides is 2. The number of hydrogen-bond donors (Lipinski definition) is 2. The molecule has 0 spiro atoms. The van der Waals surface area contributed by atoms with E-state index in [1.165, 1.54) is 0 Å². The molecule has 0 aliphatic carbocycles. The van der Waals surface area contributed by atoms with E-state index in [1.54, 1.807) is 7.11 Å². The van der Waals surface area contributed by atoms with Crippen LogP contribution < -0.4 is 20.1 Å². The normalized spacial score (nSPS) is 14.2. The van der Waals surface area contributed by atoms with Gasteiger partial charge in [-0.25, -0.2) is 0 Å². The minimum Gasteiger partial charge on any atom is -0.493 e. The summed E-state index contributed by atoms with van der Waals surface area (Å²) in [4.78, 5) is 25.3. The molecule has 1 heterocycles. The Balaban J connectivity index is 1.51. The number of nitrogens with zero attached hydrogens (tertiary/aromatic N) is 1. The first-order chi connectivity index (χ1) is 13.6. The van der Waals surface area contributed by atoms with Crippen molar-refractivity contribution < 1.29 is 19.1 Å². The number of rotatable bonds is 8. The molecule has 1 fully saturated rings. The summed E-state index contributed by atoms with van der Waals surface area (Å²) in [6.07, 6.45) is 0. The lowest BCUT2D eigenvalue weighted by Gasteiger charge is -2.25. The Kier molecular flexibility index (Phi) is 6.86. The Morgan fingerprint density at radius 3 is 2.71 bits per heavy atom. The van der Waals surface area contributed by atoms with E-state index in [2.05, 4.69) is 10.6 Å². The molecule has 2 aromatic carbocycles. The van der Waals surface area contributed by atoms with E-state index in [0.717, 1.165) is 11.1 Å². The second kappa shape index (κ2) is 9.75. The molecule has 0 aromatic heterocycles. The van der Waals surface area contributed by atoms with Crippen molar-refractivity contribution in [1.29, 1.82) is 0 Å². The molecule has 7 heteroatoms. The van der Waals surface area contributed by atoms with E-state index in [9.17, 15) is 9.59 Å². The van der Waals surface area contributed by atoms with Crippen LogP contribution in [0.2, 0.25) is 0 Å². The first-order valence-electron chi connectivity index (χ1n) is 9.23. The molecule has 0 atom stereocenters. The third kappa shape index (κ3) is 5.72. The van der Waals surface area contributed by atoms with Gasteiger partial charge in [-0.1, -0.05) is 36.4 Å². The van der Waals surface area contributed by atoms with Crippen LogP contribution >= 0.6 is 0 Å². The average molecular weight is 383 g/mol. The summed E-state index contributed by atoms with van der Waals surface area (Å²) in [6.45, 7) is 2.57. The lowest BCUT2D eigenvalue weighted by Crippen LogP contribution is -2.50. The number of nitrogens with one attached hydrogen (secondary N) is 2. The highest BCUT2D eigenvalue weighted by molar-refractivity contribution is 5.81. The predicted molar refractivity (Wildman–Crippen MR) is 105 cm³/mol. The summed E-state index contributed by atoms with van der Waals surface area (Å²) in [5, 5.41) is 5.62. The van der Waals surface area contributed by atoms with Gasteiger partial charge in [-0.05, 0) is 23.3 Å². The molecule has 1 saturated heterocycles. The van der Waals surface area contributed by atoms with E-state index >= 15 is 0 Å². The molecule has 148 valence electrons. The number of hydrogen-bond acceptors (Lipinski definition) is 5. The molecule has 0 radical (unpaired) electrons. The number of methoxy groups -OCH3 is 1. The van der Waals surface area contributed by atoms with E-state index in [-0.39, 0.29) is 24.9 Å². The highest BCUT2D eigenvalue weighted by atomic mass is 16.5. The third-order valence-electron chi connectivity index (χ3n) is 4.44. The molecule has 2 amide bonds. The van der Waals surface area contributed by atoms with Gasteiger partial charge in [-0.3, -0.25) is 14.5 Å². The lowest BCUT2D eigenvalue weighted by atomic mass is 10.2. The molecule has 7 nitrogen and oxygen atoms in total. The zero-order chi connectivity index (χ0) is 19.8. The van der Waals surface area contributed by atoms with Gasteiger partial charge in [0.05, 0.1) is 20.2 Å². The molecule has 1 aliphatic heterocycles. The van der Waals surface area contributed by atoms with Gasteiger partial charge in [0.1, 0.15) is 6.61 Å². The highest BCUT2D eigenvalue weighted by Crippen LogP contribution is 2.28. The van der Waals surface area contributed by atoms with Crippen molar-refractivity contribution in [2.45, 2.75) is 13.2 Å². The summed E-state index contributed by atoms with van der Waals surface area (Å²) in [5.41, 5.74) is 1.99. The fourth-order valence-electron chi connectivity index (χ4n) is 2.96. The Bertz CT molecular complexity index is 811. The predicted octanol–water partition coefficient (Wildman–Crippen LogP) is 1.32. The summed E-state index contributed by atoms with van der Waals surface area (Å²) in [6, 6.07) is 15.5. The van der Waals surface area contributed by atoms with Crippen molar-refractivity contribution >= 4 is 11.8 Å². The number of ether oxygens (including phenoxy) is 2. The minimum absolute atomic E-state index is 0.0464. The van der Waals surface area contributed by atoms with E-state index < -0.39 is 0 Å². The van der Waals surface area contributed by atoms with Crippen LogP contribution in [0.1, 0.15) is 11.1 Å². The zero-order valence-corrected chi connectivity index (χ0v) is 15.9. The summed E-state index contributed by atoms with van der Waals surface area (Å²) in [5.74, 6) is 1.11. The van der Waals surface area contributed by atoms with Gasteiger partial charge in [0.2, 0.25) is 11.8 Å². The maximum atomic E-state index is 12.1. The standard InChI is InChI=1S/C21H25N3O4/c1-27-19-11-17(7-8-18(19)28-15-16-5-3-2-4-6-16)12-23-21(26)14-24-10-9-22-20(25)13-24/h2-8,11H,9-10,12-15H2,1H3,(H,22,25)(H,23,26). The Labute approximate surface area is 164 Å². The first-order valence-corrected chi connectivity index (χ1v) is 9.23. The largest absolute Gasteiger partial charge is 0.493 e. The van der Waals surface area contributed by atoms with Crippen molar-refractivity contribution in [3.8, 4) is 11.5 Å². The van der Waals surface area contributed by atoms with Gasteiger partial charge in [-0.15, -0.1) is 0 Å². The van der Waals surface area contributed by atoms with Crippen molar-refractivity contribution in [2.75, 3.05) is 33.3 Å². The first kappa shape index (κ1) is 19.7. The van der Waals surface area contributed by atoms with Crippen LogP contribution in [0.4, 0.5) is 0 Å². The summed E-state index contributed by atoms with van der Waals surface area (Å²) < 4.78 is 11.3. The SMILES string of the molecule is COc1cc(CNC(=O)CN2CCNC(=O)C2)ccc1OCc1ccccc1. The molecule has 2 aromatic rings. The van der Waals surface area contributed by atoms with Gasteiger partial charge in [0.25, 0.3) is 0 Å². The van der Waals surface area contributed by atoms with Crippen molar-refractivity contribution in [3.05, 3.63) is 59.7 Å². The van der Waals surface area contributed by atoms with E-state index in [0.29, 0.717) is 37.7 Å². The molecule has 1 aliphatic rings. The number of carbonyl (C=O) groups excluding carboxylic acids is 2. The number of benzene rings is 2. The molecule has 0 bridgehead atoms. The van der Waals surface area contributed by atoms with Crippen LogP contribution in [0.5, 0.6) is 11.5 Å². The van der Waals surface area contributed by atoms with Crippen LogP contribution in [0.3, 0.4) is 0 Å². The highest BCUT2D eigenvalue weighted by Gasteiger charge is 2.18. The molecule has 3 rings (SSSR count). The fraction of sp³-hybridized carbons (Fsp3) is 0.333. The van der Waals surface area contributed by atoms with Crippen LogP contribution in [-0.4, -0.2) is 50.0 Å². The topological polar surface area (TPSA) is 79.9 Å². The van der Waals surface area contributed by atoms with Gasteiger partial charge < -0.3 is 20.1 Å². The number of carbonyl (C=O) groups is 2. The minimum atomic E-state index is -0.113. The number of piperazine rings is 1. The lowest BCUT2D eigenvalue weighted by molar-refractivity contribution is -0.127. The molecule has 2 N–H and O–H groups in total. The Hall–Kier alpha value is -3.06. The molecule has 0 saturated carbocycles. The monoisotopic (exact) mass is 383 g/mol. The fourth-order valence-corrected chi connectivity index (χ4v) is 2.96. The molecule has 28 heavy (non-hydrogen) atoms. The molecular formula is C21H25N3O4. The van der Waals surface area contributed by atoms with Crippen LogP contribution in [0.25, 0.3) is 0 Å². The van der Waals surface area contributed by atoms with Crippen molar-refractivity contribution in [1.82, 2.24) is 15.5 Å². The van der Waals surface area contributed by atoms with Crippen LogP contribution in [0.15, 0.2) is 48.5 Å². The Morgan fingerprint density at radius 1 is 1.14 bits per heavy atom. The second-order valence-corrected chi connectivity index (χ2v) is 6.60. The molecular weight excluding hydrogens is 358 g/mol.